The van der Waals surface area contributed by atoms with Crippen LogP contribution in [0.15, 0.2) is 24.3 Å². The molecule has 462 valence electrons. The number of esters is 4. The second-order valence-corrected chi connectivity index (χ2v) is 26.7. The minimum Gasteiger partial charge on any atom is -0.462 e. The Morgan fingerprint density at radius 3 is 1.46 bits per heavy atom. The van der Waals surface area contributed by atoms with Gasteiger partial charge in [-0.15, -0.1) is 0 Å². The van der Waals surface area contributed by atoms with Gasteiger partial charge in [-0.2, -0.15) is 16.1 Å². The standard InChI is InChI=1S/C63H110N2O13S2/c1-10-13-16-18-20-22-24-26-28-30-32-34-36-38-56(66)75-50-54(76-57(67)39-37-35-33-31-29-27-25-23-21-19-17-14-11-2)51-79-47-48-80(72,73)65(61(71)74-46-15-12-3)49-52-40-42-53(43-41-52)59(69)64-55(60(70)78-63(7,8)9)44-45-58(68)77-62(4,5)6/h40-43,54-55H,10-39,44-51H2,1-9H3,(H,64,69)/t54-,55+/m1/s1. The summed E-state index contributed by atoms with van der Waals surface area (Å²) in [6.07, 6.45) is 30.7. The number of sulfonamides is 1. The Bertz CT molecular complexity index is 1950. The van der Waals surface area contributed by atoms with Crippen LogP contribution in [0, 0.1) is 0 Å². The molecule has 0 aliphatic heterocycles. The summed E-state index contributed by atoms with van der Waals surface area (Å²) in [5.41, 5.74) is -1.07. The minimum absolute atomic E-state index is 0.0202. The zero-order chi connectivity index (χ0) is 59.5. The highest BCUT2D eigenvalue weighted by Crippen LogP contribution is 2.20. The lowest BCUT2D eigenvalue weighted by Gasteiger charge is -2.25. The van der Waals surface area contributed by atoms with Gasteiger partial charge >= 0.3 is 30.0 Å². The fourth-order valence-corrected chi connectivity index (χ4v) is 11.5. The molecule has 0 saturated carbocycles. The van der Waals surface area contributed by atoms with Crippen LogP contribution in [-0.2, 0) is 59.4 Å². The lowest BCUT2D eigenvalue weighted by atomic mass is 10.0. The number of amides is 2. The van der Waals surface area contributed by atoms with Crippen molar-refractivity contribution in [1.29, 1.82) is 0 Å². The van der Waals surface area contributed by atoms with Crippen LogP contribution in [0.4, 0.5) is 4.79 Å². The number of nitrogens with zero attached hydrogens (tertiary/aromatic N) is 1. The molecule has 1 N–H and O–H groups in total. The second-order valence-electron chi connectivity index (χ2n) is 23.5. The molecule has 0 radical (unpaired) electrons. The van der Waals surface area contributed by atoms with Gasteiger partial charge in [0.05, 0.1) is 18.9 Å². The molecule has 80 heavy (non-hydrogen) atoms. The van der Waals surface area contributed by atoms with Crippen molar-refractivity contribution in [3.63, 3.8) is 0 Å². The third-order valence-corrected chi connectivity index (χ3v) is 16.4. The Kier molecular flexibility index (Phi) is 41.4. The number of ether oxygens (including phenoxy) is 5. The fourth-order valence-electron chi connectivity index (χ4n) is 8.78. The SMILES string of the molecule is CCCCCCCCCCCCCCCC(=O)OC[C@H](CSCCS(=O)(=O)N(Cc1ccc(C(=O)N[C@@H](CCC(=O)OC(C)(C)C)C(=O)OC(C)(C)C)cc1)C(=O)OCCCC)OC(=O)CCCCCCCCCCCCCCC. The van der Waals surface area contributed by atoms with E-state index in [1.165, 1.54) is 152 Å². The molecule has 0 unspecified atom stereocenters. The number of thioether (sulfide) groups is 1. The smallest absolute Gasteiger partial charge is 0.423 e. The van der Waals surface area contributed by atoms with Crippen LogP contribution in [0.3, 0.4) is 0 Å². The van der Waals surface area contributed by atoms with Gasteiger partial charge in [0.1, 0.15) is 30.0 Å². The quantitative estimate of drug-likeness (QED) is 0.0367. The molecule has 0 heterocycles. The zero-order valence-electron chi connectivity index (χ0n) is 51.4. The van der Waals surface area contributed by atoms with Crippen molar-refractivity contribution in [1.82, 2.24) is 9.62 Å². The molecular formula is C63H110N2O13S2. The molecule has 0 aromatic heterocycles. The van der Waals surface area contributed by atoms with Crippen molar-refractivity contribution < 1.29 is 60.9 Å². The van der Waals surface area contributed by atoms with E-state index in [0.29, 0.717) is 22.7 Å². The molecule has 1 aromatic carbocycles. The minimum atomic E-state index is -4.28. The van der Waals surface area contributed by atoms with Crippen LogP contribution in [-0.4, -0.2) is 102 Å². The first-order valence-corrected chi connectivity index (χ1v) is 33.8. The van der Waals surface area contributed by atoms with Crippen LogP contribution >= 0.6 is 11.8 Å². The molecule has 0 aliphatic rings. The van der Waals surface area contributed by atoms with Crippen LogP contribution in [0.2, 0.25) is 0 Å². The van der Waals surface area contributed by atoms with Gasteiger partial charge in [-0.25, -0.2) is 18.0 Å². The molecule has 1 rings (SSSR count). The molecule has 17 heteroatoms. The largest absolute Gasteiger partial charge is 0.462 e. The average Bonchev–Trinajstić information content (AvgIpc) is 3.39. The first kappa shape index (κ1) is 74.2. The van der Waals surface area contributed by atoms with Gasteiger partial charge in [-0.3, -0.25) is 19.2 Å². The maximum atomic E-state index is 14.0. The number of unbranched alkanes of at least 4 members (excludes halogenated alkanes) is 25. The molecular weight excluding hydrogens is 1060 g/mol. The normalized spacial score (nSPS) is 12.6. The Hall–Kier alpha value is -3.86. The van der Waals surface area contributed by atoms with E-state index in [-0.39, 0.29) is 74.4 Å². The predicted octanol–water partition coefficient (Wildman–Crippen LogP) is 15.5. The molecule has 0 bridgehead atoms. The van der Waals surface area contributed by atoms with Gasteiger partial charge in [0.25, 0.3) is 5.91 Å². The molecule has 0 spiro atoms. The molecule has 1 aromatic rings. The maximum Gasteiger partial charge on any atom is 0.423 e. The maximum absolute atomic E-state index is 14.0. The monoisotopic (exact) mass is 1170 g/mol. The first-order chi connectivity index (χ1) is 38.1. The summed E-state index contributed by atoms with van der Waals surface area (Å²) in [7, 11) is -4.28. The van der Waals surface area contributed by atoms with Gasteiger partial charge < -0.3 is 29.0 Å². The number of hydrogen-bond donors (Lipinski definition) is 1. The highest BCUT2D eigenvalue weighted by molar-refractivity contribution is 8.00. The van der Waals surface area contributed by atoms with Crippen molar-refractivity contribution in [2.75, 3.05) is 30.5 Å². The van der Waals surface area contributed by atoms with E-state index in [0.717, 1.165) is 51.4 Å². The molecule has 15 nitrogen and oxygen atoms in total. The van der Waals surface area contributed by atoms with Gasteiger partial charge in [-0.1, -0.05) is 193 Å². The summed E-state index contributed by atoms with van der Waals surface area (Å²) >= 11 is 1.22. The Morgan fingerprint density at radius 1 is 0.550 bits per heavy atom. The van der Waals surface area contributed by atoms with E-state index in [2.05, 4.69) is 19.2 Å². The third kappa shape index (κ3) is 40.4. The number of benzene rings is 1. The number of rotatable bonds is 48. The van der Waals surface area contributed by atoms with Crippen molar-refractivity contribution >= 4 is 57.7 Å². The van der Waals surface area contributed by atoms with Crippen molar-refractivity contribution in [2.45, 2.75) is 298 Å². The van der Waals surface area contributed by atoms with Gasteiger partial charge in [-0.05, 0) is 84.9 Å². The first-order valence-electron chi connectivity index (χ1n) is 31.0. The van der Waals surface area contributed by atoms with Crippen LogP contribution in [0.5, 0.6) is 0 Å². The van der Waals surface area contributed by atoms with Gasteiger partial charge in [0, 0.05) is 36.3 Å². The van der Waals surface area contributed by atoms with Gasteiger partial charge in [0.15, 0.2) is 0 Å². The molecule has 0 saturated heterocycles. The lowest BCUT2D eigenvalue weighted by molar-refractivity contribution is -0.158. The van der Waals surface area contributed by atoms with Crippen molar-refractivity contribution in [3.05, 3.63) is 35.4 Å². The second kappa shape index (κ2) is 44.7. The van der Waals surface area contributed by atoms with Gasteiger partial charge in [0.2, 0.25) is 10.0 Å². The Balaban J connectivity index is 2.96. The third-order valence-electron chi connectivity index (χ3n) is 13.3. The van der Waals surface area contributed by atoms with E-state index < -0.39 is 63.1 Å². The number of nitrogens with one attached hydrogen (secondary N) is 1. The van der Waals surface area contributed by atoms with Crippen molar-refractivity contribution in [2.24, 2.45) is 0 Å². The predicted molar refractivity (Wildman–Crippen MR) is 323 cm³/mol. The Morgan fingerprint density at radius 2 is 1.00 bits per heavy atom. The molecule has 2 amide bonds. The summed E-state index contributed by atoms with van der Waals surface area (Å²) in [4.78, 5) is 78.6. The fraction of sp³-hybridized carbons (Fsp3) is 0.810. The van der Waals surface area contributed by atoms with Crippen LogP contribution < -0.4 is 5.32 Å². The molecule has 0 fully saturated rings. The van der Waals surface area contributed by atoms with E-state index in [1.54, 1.807) is 41.5 Å². The lowest BCUT2D eigenvalue weighted by Crippen LogP contribution is -2.44. The summed E-state index contributed by atoms with van der Waals surface area (Å²) in [6, 6.07) is 4.73. The van der Waals surface area contributed by atoms with Crippen molar-refractivity contribution in [3.8, 4) is 0 Å². The van der Waals surface area contributed by atoms with E-state index >= 15 is 0 Å². The number of carbonyl (C=O) groups is 6. The van der Waals surface area contributed by atoms with E-state index in [4.69, 9.17) is 23.7 Å². The highest BCUT2D eigenvalue weighted by atomic mass is 32.2. The zero-order valence-corrected chi connectivity index (χ0v) is 53.0. The summed E-state index contributed by atoms with van der Waals surface area (Å²) in [5.74, 6) is -2.88. The topological polar surface area (TPSA) is 198 Å². The number of carbonyl (C=O) groups excluding carboxylic acids is 6. The van der Waals surface area contributed by atoms with E-state index in [9.17, 15) is 37.2 Å². The molecule has 0 aliphatic carbocycles. The summed E-state index contributed by atoms with van der Waals surface area (Å²) in [6.45, 7) is 16.2. The van der Waals surface area contributed by atoms with Crippen LogP contribution in [0.1, 0.15) is 284 Å². The Labute approximate surface area is 489 Å². The number of hydrogen-bond acceptors (Lipinski definition) is 14. The van der Waals surface area contributed by atoms with E-state index in [1.807, 2.05) is 6.92 Å². The average molecular weight is 1170 g/mol. The molecule has 2 atom stereocenters. The van der Waals surface area contributed by atoms with Crippen LogP contribution in [0.25, 0.3) is 0 Å². The summed E-state index contributed by atoms with van der Waals surface area (Å²) < 4.78 is 56.4. The highest BCUT2D eigenvalue weighted by Gasteiger charge is 2.31. The summed E-state index contributed by atoms with van der Waals surface area (Å²) in [5, 5.41) is 2.66.